The van der Waals surface area contributed by atoms with Crippen molar-refractivity contribution in [1.29, 1.82) is 0 Å². The number of aryl methyl sites for hydroxylation is 1. The highest BCUT2D eigenvalue weighted by Crippen LogP contribution is 2.33. The molecule has 0 saturated heterocycles. The maximum atomic E-state index is 6.00. The second-order valence-electron chi connectivity index (χ2n) is 5.12. The minimum Gasteiger partial charge on any atom is -0.492 e. The van der Waals surface area contributed by atoms with Gasteiger partial charge in [0.15, 0.2) is 0 Å². The van der Waals surface area contributed by atoms with Gasteiger partial charge in [0.05, 0.1) is 0 Å². The Morgan fingerprint density at radius 3 is 2.89 bits per heavy atom. The van der Waals surface area contributed by atoms with Gasteiger partial charge in [0.1, 0.15) is 12.4 Å². The van der Waals surface area contributed by atoms with Crippen LogP contribution in [0, 0.1) is 12.8 Å². The molecule has 18 heavy (non-hydrogen) atoms. The smallest absolute Gasteiger partial charge is 0.123 e. The van der Waals surface area contributed by atoms with Crippen molar-refractivity contribution < 1.29 is 4.74 Å². The SMILES string of the molecule is CCCNC(COc1cc(Cl)ccc1C)C1CC1. The quantitative estimate of drug-likeness (QED) is 0.811. The highest BCUT2D eigenvalue weighted by atomic mass is 35.5. The molecule has 0 spiro atoms. The molecule has 1 aliphatic carbocycles. The van der Waals surface area contributed by atoms with Gasteiger partial charge in [-0.15, -0.1) is 0 Å². The first-order chi connectivity index (χ1) is 8.70. The highest BCUT2D eigenvalue weighted by molar-refractivity contribution is 6.30. The number of halogens is 1. The van der Waals surface area contributed by atoms with Gasteiger partial charge in [0, 0.05) is 11.1 Å². The van der Waals surface area contributed by atoms with Crippen LogP contribution < -0.4 is 10.1 Å². The first kappa shape index (κ1) is 13.7. The van der Waals surface area contributed by atoms with E-state index in [0.29, 0.717) is 6.04 Å². The topological polar surface area (TPSA) is 21.3 Å². The molecule has 1 aromatic rings. The zero-order valence-corrected chi connectivity index (χ0v) is 12.0. The predicted molar refractivity (Wildman–Crippen MR) is 76.5 cm³/mol. The van der Waals surface area contributed by atoms with E-state index < -0.39 is 0 Å². The monoisotopic (exact) mass is 267 g/mol. The number of nitrogens with one attached hydrogen (secondary N) is 1. The van der Waals surface area contributed by atoms with E-state index in [1.165, 1.54) is 19.3 Å². The van der Waals surface area contributed by atoms with Crippen molar-refractivity contribution in [2.75, 3.05) is 13.2 Å². The Morgan fingerprint density at radius 2 is 2.22 bits per heavy atom. The molecule has 0 radical (unpaired) electrons. The molecular weight excluding hydrogens is 246 g/mol. The van der Waals surface area contributed by atoms with E-state index in [1.54, 1.807) is 0 Å². The third-order valence-corrected chi connectivity index (χ3v) is 3.65. The predicted octanol–water partition coefficient (Wildman–Crippen LogP) is 3.81. The molecule has 0 amide bonds. The van der Waals surface area contributed by atoms with Gasteiger partial charge >= 0.3 is 0 Å². The van der Waals surface area contributed by atoms with Gasteiger partial charge in [-0.3, -0.25) is 0 Å². The molecule has 1 atom stereocenters. The fourth-order valence-electron chi connectivity index (χ4n) is 2.10. The molecule has 1 fully saturated rings. The molecule has 100 valence electrons. The average Bonchev–Trinajstić information content (AvgIpc) is 3.17. The van der Waals surface area contributed by atoms with Gasteiger partial charge in [0.2, 0.25) is 0 Å². The Bertz CT molecular complexity index is 390. The lowest BCUT2D eigenvalue weighted by Crippen LogP contribution is -2.37. The summed E-state index contributed by atoms with van der Waals surface area (Å²) < 4.78 is 5.93. The van der Waals surface area contributed by atoms with Crippen molar-refractivity contribution in [2.24, 2.45) is 5.92 Å². The summed E-state index contributed by atoms with van der Waals surface area (Å²) in [5.74, 6) is 1.71. The van der Waals surface area contributed by atoms with Gasteiger partial charge < -0.3 is 10.1 Å². The second-order valence-corrected chi connectivity index (χ2v) is 5.56. The van der Waals surface area contributed by atoms with E-state index in [1.807, 2.05) is 18.2 Å². The Labute approximate surface area is 115 Å². The Kier molecular flexibility index (Phi) is 4.90. The van der Waals surface area contributed by atoms with Crippen LogP contribution in [0.3, 0.4) is 0 Å². The van der Waals surface area contributed by atoms with E-state index >= 15 is 0 Å². The Balaban J connectivity index is 1.89. The van der Waals surface area contributed by atoms with Gasteiger partial charge in [-0.05, 0) is 56.3 Å². The molecule has 1 unspecified atom stereocenters. The van der Waals surface area contributed by atoms with E-state index in [9.17, 15) is 0 Å². The summed E-state index contributed by atoms with van der Waals surface area (Å²) in [6, 6.07) is 6.30. The van der Waals surface area contributed by atoms with E-state index in [0.717, 1.165) is 35.4 Å². The lowest BCUT2D eigenvalue weighted by Gasteiger charge is -2.19. The van der Waals surface area contributed by atoms with Crippen LogP contribution >= 0.6 is 11.6 Å². The zero-order valence-electron chi connectivity index (χ0n) is 11.2. The van der Waals surface area contributed by atoms with Crippen molar-refractivity contribution in [3.8, 4) is 5.75 Å². The van der Waals surface area contributed by atoms with Gasteiger partial charge in [-0.1, -0.05) is 24.6 Å². The van der Waals surface area contributed by atoms with Crippen LogP contribution in [-0.2, 0) is 0 Å². The summed E-state index contributed by atoms with van der Waals surface area (Å²) in [5.41, 5.74) is 1.14. The summed E-state index contributed by atoms with van der Waals surface area (Å²) in [5, 5.41) is 4.31. The minimum atomic E-state index is 0.489. The average molecular weight is 268 g/mol. The van der Waals surface area contributed by atoms with Crippen LogP contribution in [0.25, 0.3) is 0 Å². The van der Waals surface area contributed by atoms with Crippen molar-refractivity contribution in [1.82, 2.24) is 5.32 Å². The number of rotatable bonds is 7. The van der Waals surface area contributed by atoms with Crippen LogP contribution in [-0.4, -0.2) is 19.2 Å². The maximum absolute atomic E-state index is 6.00. The molecule has 1 N–H and O–H groups in total. The normalized spacial score (nSPS) is 16.6. The summed E-state index contributed by atoms with van der Waals surface area (Å²) in [4.78, 5) is 0. The van der Waals surface area contributed by atoms with Crippen molar-refractivity contribution >= 4 is 11.6 Å². The number of ether oxygens (including phenoxy) is 1. The molecule has 2 rings (SSSR count). The Morgan fingerprint density at radius 1 is 1.44 bits per heavy atom. The molecule has 2 nitrogen and oxygen atoms in total. The molecule has 0 aliphatic heterocycles. The first-order valence-electron chi connectivity index (χ1n) is 6.83. The Hall–Kier alpha value is -0.730. The van der Waals surface area contributed by atoms with Crippen molar-refractivity contribution in [3.63, 3.8) is 0 Å². The van der Waals surface area contributed by atoms with E-state index in [-0.39, 0.29) is 0 Å². The third-order valence-electron chi connectivity index (χ3n) is 3.42. The van der Waals surface area contributed by atoms with E-state index in [4.69, 9.17) is 16.3 Å². The van der Waals surface area contributed by atoms with Crippen LogP contribution in [0.5, 0.6) is 5.75 Å². The van der Waals surface area contributed by atoms with Crippen LogP contribution in [0.4, 0.5) is 0 Å². The van der Waals surface area contributed by atoms with Gasteiger partial charge in [0.25, 0.3) is 0 Å². The molecule has 0 bridgehead atoms. The highest BCUT2D eigenvalue weighted by Gasteiger charge is 2.31. The van der Waals surface area contributed by atoms with E-state index in [2.05, 4.69) is 19.2 Å². The van der Waals surface area contributed by atoms with Crippen LogP contribution in [0.15, 0.2) is 18.2 Å². The minimum absolute atomic E-state index is 0.489. The fourth-order valence-corrected chi connectivity index (χ4v) is 2.26. The molecule has 3 heteroatoms. The lowest BCUT2D eigenvalue weighted by atomic mass is 10.2. The van der Waals surface area contributed by atoms with Gasteiger partial charge in [-0.2, -0.15) is 0 Å². The second kappa shape index (κ2) is 6.44. The van der Waals surface area contributed by atoms with Crippen molar-refractivity contribution in [3.05, 3.63) is 28.8 Å². The van der Waals surface area contributed by atoms with Crippen molar-refractivity contribution in [2.45, 2.75) is 39.2 Å². The standard InChI is InChI=1S/C15H22ClNO/c1-3-8-17-14(12-5-6-12)10-18-15-9-13(16)7-4-11(15)2/h4,7,9,12,14,17H,3,5-6,8,10H2,1-2H3. The lowest BCUT2D eigenvalue weighted by molar-refractivity contribution is 0.248. The van der Waals surface area contributed by atoms with Crippen LogP contribution in [0.2, 0.25) is 5.02 Å². The number of hydrogen-bond acceptors (Lipinski definition) is 2. The number of benzene rings is 1. The summed E-state index contributed by atoms with van der Waals surface area (Å²) >= 11 is 6.00. The van der Waals surface area contributed by atoms with Crippen LogP contribution in [0.1, 0.15) is 31.7 Å². The zero-order chi connectivity index (χ0) is 13.0. The molecule has 1 aliphatic rings. The maximum Gasteiger partial charge on any atom is 0.123 e. The van der Waals surface area contributed by atoms with Gasteiger partial charge in [-0.25, -0.2) is 0 Å². The molecule has 1 aromatic carbocycles. The molecule has 1 saturated carbocycles. The molecular formula is C15H22ClNO. The summed E-state index contributed by atoms with van der Waals surface area (Å²) in [7, 11) is 0. The number of hydrogen-bond donors (Lipinski definition) is 1. The summed E-state index contributed by atoms with van der Waals surface area (Å²) in [6.45, 7) is 6.06. The largest absolute Gasteiger partial charge is 0.492 e. The summed E-state index contributed by atoms with van der Waals surface area (Å²) in [6.07, 6.45) is 3.83. The fraction of sp³-hybridized carbons (Fsp3) is 0.600. The molecule has 0 aromatic heterocycles. The first-order valence-corrected chi connectivity index (χ1v) is 7.21. The molecule has 0 heterocycles. The third kappa shape index (κ3) is 3.89.